The van der Waals surface area contributed by atoms with E-state index in [2.05, 4.69) is 10.0 Å². The standard InChI is InChI=1S/C14H20N2O2S2/c17-20(18,16-12-4-2-8-19-10-12)13-6-5-11-3-1-7-15-14(11)9-13/h5-6,9,12,15-16H,1-4,7-8,10H2. The lowest BCUT2D eigenvalue weighted by atomic mass is 10.0. The zero-order chi connectivity index (χ0) is 14.0. The number of anilines is 1. The summed E-state index contributed by atoms with van der Waals surface area (Å²) >= 11 is 1.82. The van der Waals surface area contributed by atoms with Gasteiger partial charge in [0.25, 0.3) is 0 Å². The van der Waals surface area contributed by atoms with Crippen molar-refractivity contribution in [1.29, 1.82) is 0 Å². The molecule has 110 valence electrons. The number of hydrogen-bond acceptors (Lipinski definition) is 4. The minimum absolute atomic E-state index is 0.0720. The van der Waals surface area contributed by atoms with Gasteiger partial charge in [0.15, 0.2) is 0 Å². The van der Waals surface area contributed by atoms with Crippen LogP contribution in [0.25, 0.3) is 0 Å². The number of benzene rings is 1. The SMILES string of the molecule is O=S(=O)(NC1CCCSC1)c1ccc2c(c1)NCCC2. The Morgan fingerprint density at radius 3 is 3.00 bits per heavy atom. The first-order valence-electron chi connectivity index (χ1n) is 7.12. The maximum atomic E-state index is 12.4. The Labute approximate surface area is 124 Å². The lowest BCUT2D eigenvalue weighted by molar-refractivity contribution is 0.543. The molecule has 6 heteroatoms. The molecule has 0 radical (unpaired) electrons. The van der Waals surface area contributed by atoms with E-state index < -0.39 is 10.0 Å². The van der Waals surface area contributed by atoms with Crippen LogP contribution in [-0.2, 0) is 16.4 Å². The molecule has 0 spiro atoms. The van der Waals surface area contributed by atoms with Gasteiger partial charge in [-0.2, -0.15) is 11.8 Å². The third-order valence-electron chi connectivity index (χ3n) is 3.81. The number of thioether (sulfide) groups is 1. The molecular formula is C14H20N2O2S2. The van der Waals surface area contributed by atoms with E-state index in [0.717, 1.165) is 49.4 Å². The monoisotopic (exact) mass is 312 g/mol. The number of aryl methyl sites for hydroxylation is 1. The molecule has 2 aliphatic heterocycles. The Balaban J connectivity index is 1.79. The number of sulfonamides is 1. The van der Waals surface area contributed by atoms with E-state index in [1.54, 1.807) is 12.1 Å². The Bertz CT molecular complexity index is 581. The fraction of sp³-hybridized carbons (Fsp3) is 0.571. The molecule has 2 N–H and O–H groups in total. The Morgan fingerprint density at radius 2 is 2.20 bits per heavy atom. The average Bonchev–Trinajstić information content (AvgIpc) is 2.47. The van der Waals surface area contributed by atoms with Gasteiger partial charge in [-0.05, 0) is 49.1 Å². The number of hydrogen-bond donors (Lipinski definition) is 2. The molecule has 0 aliphatic carbocycles. The van der Waals surface area contributed by atoms with Crippen molar-refractivity contribution in [2.24, 2.45) is 0 Å². The number of fused-ring (bicyclic) bond motifs is 1. The van der Waals surface area contributed by atoms with Gasteiger partial charge in [0.05, 0.1) is 4.90 Å². The van der Waals surface area contributed by atoms with Crippen LogP contribution in [0.3, 0.4) is 0 Å². The van der Waals surface area contributed by atoms with Crippen molar-refractivity contribution in [2.45, 2.75) is 36.6 Å². The van der Waals surface area contributed by atoms with E-state index in [9.17, 15) is 8.42 Å². The molecule has 0 saturated carbocycles. The summed E-state index contributed by atoms with van der Waals surface area (Å²) in [7, 11) is -3.40. The van der Waals surface area contributed by atoms with Gasteiger partial charge in [-0.15, -0.1) is 0 Å². The lowest BCUT2D eigenvalue weighted by Crippen LogP contribution is -2.38. The fourth-order valence-corrected chi connectivity index (χ4v) is 5.20. The molecule has 1 fully saturated rings. The van der Waals surface area contributed by atoms with Crippen LogP contribution in [0.4, 0.5) is 5.69 Å². The maximum absolute atomic E-state index is 12.4. The zero-order valence-electron chi connectivity index (χ0n) is 11.4. The van der Waals surface area contributed by atoms with Crippen LogP contribution in [0.2, 0.25) is 0 Å². The van der Waals surface area contributed by atoms with Gasteiger partial charge in [0, 0.05) is 24.0 Å². The molecule has 1 atom stereocenters. The molecule has 20 heavy (non-hydrogen) atoms. The van der Waals surface area contributed by atoms with Gasteiger partial charge in [-0.25, -0.2) is 13.1 Å². The van der Waals surface area contributed by atoms with Crippen molar-refractivity contribution in [2.75, 3.05) is 23.4 Å². The third kappa shape index (κ3) is 3.13. The third-order valence-corrected chi connectivity index (χ3v) is 6.55. The van der Waals surface area contributed by atoms with Gasteiger partial charge in [0.1, 0.15) is 0 Å². The van der Waals surface area contributed by atoms with Crippen LogP contribution in [-0.4, -0.2) is 32.5 Å². The molecule has 0 aromatic heterocycles. The molecule has 2 heterocycles. The normalized spacial score (nSPS) is 22.9. The summed E-state index contributed by atoms with van der Waals surface area (Å²) in [5.41, 5.74) is 2.18. The minimum atomic E-state index is -3.40. The minimum Gasteiger partial charge on any atom is -0.385 e. The smallest absolute Gasteiger partial charge is 0.240 e. The van der Waals surface area contributed by atoms with Crippen LogP contribution in [0, 0.1) is 0 Å². The van der Waals surface area contributed by atoms with E-state index in [0.29, 0.717) is 4.90 Å². The largest absolute Gasteiger partial charge is 0.385 e. The molecule has 0 amide bonds. The summed E-state index contributed by atoms with van der Waals surface area (Å²) in [5, 5.41) is 3.28. The van der Waals surface area contributed by atoms with Crippen LogP contribution in [0.15, 0.2) is 23.1 Å². The van der Waals surface area contributed by atoms with Crippen LogP contribution < -0.4 is 10.0 Å². The van der Waals surface area contributed by atoms with Crippen molar-refractivity contribution in [3.05, 3.63) is 23.8 Å². The zero-order valence-corrected chi connectivity index (χ0v) is 13.0. The first kappa shape index (κ1) is 14.2. The highest BCUT2D eigenvalue weighted by molar-refractivity contribution is 7.99. The van der Waals surface area contributed by atoms with Crippen molar-refractivity contribution >= 4 is 27.5 Å². The second-order valence-corrected chi connectivity index (χ2v) is 8.25. The topological polar surface area (TPSA) is 58.2 Å². The van der Waals surface area contributed by atoms with Crippen LogP contribution >= 0.6 is 11.8 Å². The summed E-state index contributed by atoms with van der Waals surface area (Å²) in [6.45, 7) is 0.920. The summed E-state index contributed by atoms with van der Waals surface area (Å²) < 4.78 is 27.7. The molecule has 2 aliphatic rings. The number of nitrogens with one attached hydrogen (secondary N) is 2. The Kier molecular flexibility index (Phi) is 4.23. The van der Waals surface area contributed by atoms with E-state index in [1.807, 2.05) is 17.8 Å². The van der Waals surface area contributed by atoms with Gasteiger partial charge in [0.2, 0.25) is 10.0 Å². The molecule has 0 bridgehead atoms. The molecule has 4 nitrogen and oxygen atoms in total. The Morgan fingerprint density at radius 1 is 1.30 bits per heavy atom. The van der Waals surface area contributed by atoms with Crippen LogP contribution in [0.5, 0.6) is 0 Å². The van der Waals surface area contributed by atoms with E-state index in [4.69, 9.17) is 0 Å². The predicted molar refractivity (Wildman–Crippen MR) is 83.9 cm³/mol. The van der Waals surface area contributed by atoms with Gasteiger partial charge in [-0.3, -0.25) is 0 Å². The summed E-state index contributed by atoms with van der Waals surface area (Å²) in [4.78, 5) is 0.376. The second kappa shape index (κ2) is 5.95. The highest BCUT2D eigenvalue weighted by Crippen LogP contribution is 2.26. The Hall–Kier alpha value is -0.720. The second-order valence-electron chi connectivity index (χ2n) is 5.38. The maximum Gasteiger partial charge on any atom is 0.240 e. The highest BCUT2D eigenvalue weighted by atomic mass is 32.2. The van der Waals surface area contributed by atoms with Crippen molar-refractivity contribution in [1.82, 2.24) is 4.72 Å². The van der Waals surface area contributed by atoms with Gasteiger partial charge >= 0.3 is 0 Å². The van der Waals surface area contributed by atoms with Crippen molar-refractivity contribution in [3.63, 3.8) is 0 Å². The first-order chi connectivity index (χ1) is 9.65. The average molecular weight is 312 g/mol. The number of rotatable bonds is 3. The molecule has 1 aromatic carbocycles. The van der Waals surface area contributed by atoms with Gasteiger partial charge < -0.3 is 5.32 Å². The molecule has 1 saturated heterocycles. The lowest BCUT2D eigenvalue weighted by Gasteiger charge is -2.23. The summed E-state index contributed by atoms with van der Waals surface area (Å²) in [6, 6.07) is 5.51. The molecular weight excluding hydrogens is 292 g/mol. The molecule has 1 aromatic rings. The fourth-order valence-electron chi connectivity index (χ4n) is 2.73. The highest BCUT2D eigenvalue weighted by Gasteiger charge is 2.23. The van der Waals surface area contributed by atoms with Gasteiger partial charge in [-0.1, -0.05) is 6.07 Å². The van der Waals surface area contributed by atoms with E-state index in [1.165, 1.54) is 5.56 Å². The summed E-state index contributed by atoms with van der Waals surface area (Å²) in [5.74, 6) is 2.02. The van der Waals surface area contributed by atoms with Crippen molar-refractivity contribution in [3.8, 4) is 0 Å². The van der Waals surface area contributed by atoms with E-state index >= 15 is 0 Å². The quantitative estimate of drug-likeness (QED) is 0.898. The van der Waals surface area contributed by atoms with E-state index in [-0.39, 0.29) is 6.04 Å². The van der Waals surface area contributed by atoms with Crippen molar-refractivity contribution < 1.29 is 8.42 Å². The molecule has 1 unspecified atom stereocenters. The summed E-state index contributed by atoms with van der Waals surface area (Å²) in [6.07, 6.45) is 4.16. The predicted octanol–water partition coefficient (Wildman–Crippen LogP) is 2.22. The van der Waals surface area contributed by atoms with Crippen LogP contribution in [0.1, 0.15) is 24.8 Å². The molecule has 3 rings (SSSR count). The first-order valence-corrected chi connectivity index (χ1v) is 9.76.